The second kappa shape index (κ2) is 5.20. The highest BCUT2D eigenvalue weighted by Gasteiger charge is 2.11. The van der Waals surface area contributed by atoms with Crippen molar-refractivity contribution >= 4 is 11.4 Å². The van der Waals surface area contributed by atoms with Gasteiger partial charge in [-0.2, -0.15) is 0 Å². The van der Waals surface area contributed by atoms with Gasteiger partial charge in [0.25, 0.3) is 0 Å². The minimum Gasteiger partial charge on any atom is -0.399 e. The van der Waals surface area contributed by atoms with Gasteiger partial charge in [0.1, 0.15) is 0 Å². The van der Waals surface area contributed by atoms with Gasteiger partial charge < -0.3 is 11.5 Å². The SMILES string of the molecule is Cc1ccc(N)cc1-c1ncc(N)c(-c2cccnc2)n1. The fourth-order valence-corrected chi connectivity index (χ4v) is 2.14. The molecule has 0 saturated heterocycles. The summed E-state index contributed by atoms with van der Waals surface area (Å²) in [6.45, 7) is 2.00. The van der Waals surface area contributed by atoms with E-state index in [2.05, 4.69) is 15.0 Å². The van der Waals surface area contributed by atoms with Gasteiger partial charge in [-0.3, -0.25) is 4.98 Å². The summed E-state index contributed by atoms with van der Waals surface area (Å²) < 4.78 is 0. The van der Waals surface area contributed by atoms with Crippen molar-refractivity contribution in [2.75, 3.05) is 11.5 Å². The van der Waals surface area contributed by atoms with Crippen molar-refractivity contribution in [3.05, 3.63) is 54.5 Å². The number of nitrogens with two attached hydrogens (primary N) is 2. The van der Waals surface area contributed by atoms with E-state index in [0.29, 0.717) is 22.9 Å². The van der Waals surface area contributed by atoms with Crippen molar-refractivity contribution in [2.24, 2.45) is 0 Å². The number of aryl methyl sites for hydroxylation is 1. The van der Waals surface area contributed by atoms with Crippen LogP contribution in [0.1, 0.15) is 5.56 Å². The van der Waals surface area contributed by atoms with Crippen LogP contribution in [0, 0.1) is 6.92 Å². The number of hydrogen-bond donors (Lipinski definition) is 2. The summed E-state index contributed by atoms with van der Waals surface area (Å²) in [6.07, 6.45) is 5.06. The molecule has 3 aromatic rings. The predicted octanol–water partition coefficient (Wildman–Crippen LogP) is 2.68. The number of rotatable bonds is 2. The van der Waals surface area contributed by atoms with E-state index in [1.807, 2.05) is 37.3 Å². The number of benzene rings is 1. The molecule has 0 aliphatic heterocycles. The molecule has 0 saturated carbocycles. The molecule has 0 bridgehead atoms. The Morgan fingerprint density at radius 3 is 2.67 bits per heavy atom. The van der Waals surface area contributed by atoms with Gasteiger partial charge in [0.2, 0.25) is 0 Å². The molecule has 0 atom stereocenters. The fraction of sp³-hybridized carbons (Fsp3) is 0.0625. The van der Waals surface area contributed by atoms with E-state index in [1.165, 1.54) is 0 Å². The summed E-state index contributed by atoms with van der Waals surface area (Å²) in [7, 11) is 0. The van der Waals surface area contributed by atoms with Gasteiger partial charge in [0.05, 0.1) is 17.6 Å². The minimum absolute atomic E-state index is 0.522. The summed E-state index contributed by atoms with van der Waals surface area (Å²) >= 11 is 0. The molecule has 2 aromatic heterocycles. The van der Waals surface area contributed by atoms with E-state index in [0.717, 1.165) is 16.7 Å². The maximum atomic E-state index is 5.99. The first-order valence-electron chi connectivity index (χ1n) is 6.54. The van der Waals surface area contributed by atoms with Gasteiger partial charge in [-0.25, -0.2) is 9.97 Å². The fourth-order valence-electron chi connectivity index (χ4n) is 2.14. The van der Waals surface area contributed by atoms with Crippen molar-refractivity contribution in [1.29, 1.82) is 0 Å². The smallest absolute Gasteiger partial charge is 0.160 e. The Labute approximate surface area is 122 Å². The lowest BCUT2D eigenvalue weighted by atomic mass is 10.1. The number of anilines is 2. The lowest BCUT2D eigenvalue weighted by Gasteiger charge is -2.09. The van der Waals surface area contributed by atoms with Gasteiger partial charge in [-0.1, -0.05) is 6.07 Å². The zero-order valence-corrected chi connectivity index (χ0v) is 11.6. The third-order valence-corrected chi connectivity index (χ3v) is 3.25. The molecule has 21 heavy (non-hydrogen) atoms. The number of pyridine rings is 1. The van der Waals surface area contributed by atoms with Crippen LogP contribution in [0.15, 0.2) is 48.9 Å². The first-order valence-corrected chi connectivity index (χ1v) is 6.54. The highest BCUT2D eigenvalue weighted by atomic mass is 14.9. The van der Waals surface area contributed by atoms with Crippen LogP contribution in [0.3, 0.4) is 0 Å². The summed E-state index contributed by atoms with van der Waals surface area (Å²) in [6, 6.07) is 9.45. The largest absolute Gasteiger partial charge is 0.399 e. The molecular weight excluding hydrogens is 262 g/mol. The molecule has 2 heterocycles. The summed E-state index contributed by atoms with van der Waals surface area (Å²) in [5.74, 6) is 0.604. The molecule has 0 spiro atoms. The van der Waals surface area contributed by atoms with Crippen LogP contribution >= 0.6 is 0 Å². The van der Waals surface area contributed by atoms with Crippen LogP contribution in [0.2, 0.25) is 0 Å². The van der Waals surface area contributed by atoms with E-state index >= 15 is 0 Å². The second-order valence-corrected chi connectivity index (χ2v) is 4.81. The summed E-state index contributed by atoms with van der Waals surface area (Å²) in [5, 5.41) is 0. The molecule has 0 radical (unpaired) electrons. The topological polar surface area (TPSA) is 90.7 Å². The highest BCUT2D eigenvalue weighted by molar-refractivity contribution is 5.74. The normalized spacial score (nSPS) is 10.5. The molecule has 0 amide bonds. The molecule has 0 aliphatic rings. The Morgan fingerprint density at radius 1 is 1.05 bits per heavy atom. The summed E-state index contributed by atoms with van der Waals surface area (Å²) in [4.78, 5) is 13.0. The van der Waals surface area contributed by atoms with Crippen molar-refractivity contribution in [3.63, 3.8) is 0 Å². The first-order chi connectivity index (χ1) is 10.1. The standard InChI is InChI=1S/C16H15N5/c1-10-4-5-12(17)7-13(10)16-20-9-14(18)15(21-16)11-3-2-6-19-8-11/h2-9H,17-18H2,1H3. The lowest BCUT2D eigenvalue weighted by molar-refractivity contribution is 1.17. The quantitative estimate of drug-likeness (QED) is 0.703. The summed E-state index contributed by atoms with van der Waals surface area (Å²) in [5.41, 5.74) is 16.5. The van der Waals surface area contributed by atoms with Gasteiger partial charge in [-0.15, -0.1) is 0 Å². The van der Waals surface area contributed by atoms with Crippen LogP contribution in [0.25, 0.3) is 22.6 Å². The van der Waals surface area contributed by atoms with E-state index in [4.69, 9.17) is 11.5 Å². The minimum atomic E-state index is 0.522. The van der Waals surface area contributed by atoms with Crippen molar-refractivity contribution < 1.29 is 0 Å². The highest BCUT2D eigenvalue weighted by Crippen LogP contribution is 2.27. The molecule has 4 N–H and O–H groups in total. The molecule has 0 aliphatic carbocycles. The Kier molecular flexibility index (Phi) is 3.23. The predicted molar refractivity (Wildman–Crippen MR) is 84.3 cm³/mol. The van der Waals surface area contributed by atoms with Crippen molar-refractivity contribution in [2.45, 2.75) is 6.92 Å². The van der Waals surface area contributed by atoms with Gasteiger partial charge >= 0.3 is 0 Å². The Hall–Kier alpha value is -2.95. The molecule has 5 heteroatoms. The zero-order chi connectivity index (χ0) is 14.8. The molecule has 1 aromatic carbocycles. The van der Waals surface area contributed by atoms with Gasteiger partial charge in [0.15, 0.2) is 5.82 Å². The molecular formula is C16H15N5. The van der Waals surface area contributed by atoms with E-state index in [9.17, 15) is 0 Å². The third kappa shape index (κ3) is 2.53. The number of nitrogen functional groups attached to an aromatic ring is 2. The Morgan fingerprint density at radius 2 is 1.90 bits per heavy atom. The van der Waals surface area contributed by atoms with E-state index < -0.39 is 0 Å². The van der Waals surface area contributed by atoms with E-state index in [1.54, 1.807) is 18.6 Å². The average Bonchev–Trinajstić information content (AvgIpc) is 2.51. The van der Waals surface area contributed by atoms with Crippen LogP contribution in [0.4, 0.5) is 11.4 Å². The van der Waals surface area contributed by atoms with Crippen LogP contribution in [0.5, 0.6) is 0 Å². The van der Waals surface area contributed by atoms with Crippen LogP contribution in [-0.2, 0) is 0 Å². The molecule has 5 nitrogen and oxygen atoms in total. The first kappa shape index (κ1) is 13.1. The molecule has 104 valence electrons. The Balaban J connectivity index is 2.16. The van der Waals surface area contributed by atoms with Gasteiger partial charge in [0, 0.05) is 29.2 Å². The monoisotopic (exact) mass is 277 g/mol. The molecule has 0 unspecified atom stereocenters. The average molecular weight is 277 g/mol. The van der Waals surface area contributed by atoms with E-state index in [-0.39, 0.29) is 0 Å². The number of nitrogens with zero attached hydrogens (tertiary/aromatic N) is 3. The maximum absolute atomic E-state index is 5.99. The number of aromatic nitrogens is 3. The maximum Gasteiger partial charge on any atom is 0.160 e. The van der Waals surface area contributed by atoms with Crippen LogP contribution < -0.4 is 11.5 Å². The van der Waals surface area contributed by atoms with Crippen molar-refractivity contribution in [3.8, 4) is 22.6 Å². The third-order valence-electron chi connectivity index (χ3n) is 3.25. The number of hydrogen-bond acceptors (Lipinski definition) is 5. The Bertz CT molecular complexity index is 784. The van der Waals surface area contributed by atoms with Crippen molar-refractivity contribution in [1.82, 2.24) is 15.0 Å². The molecule has 0 fully saturated rings. The van der Waals surface area contributed by atoms with Gasteiger partial charge in [-0.05, 0) is 36.8 Å². The van der Waals surface area contributed by atoms with Crippen LogP contribution in [-0.4, -0.2) is 15.0 Å². The lowest BCUT2D eigenvalue weighted by Crippen LogP contribution is -2.00. The zero-order valence-electron chi connectivity index (χ0n) is 11.6. The molecule has 3 rings (SSSR count). The second-order valence-electron chi connectivity index (χ2n) is 4.81.